The van der Waals surface area contributed by atoms with E-state index >= 15 is 0 Å². The maximum atomic E-state index is 12.3. The number of carbonyl (C=O) groups excluding carboxylic acids is 1. The Labute approximate surface area is 170 Å². The van der Waals surface area contributed by atoms with Crippen molar-refractivity contribution in [3.8, 4) is 28.7 Å². The zero-order chi connectivity index (χ0) is 20.5. The van der Waals surface area contributed by atoms with Crippen molar-refractivity contribution in [3.63, 3.8) is 0 Å². The third kappa shape index (κ3) is 5.90. The van der Waals surface area contributed by atoms with Crippen molar-refractivity contribution in [2.45, 2.75) is 6.92 Å². The first-order valence-corrected chi connectivity index (χ1v) is 9.24. The van der Waals surface area contributed by atoms with Crippen LogP contribution < -0.4 is 24.3 Å². The molecule has 3 rings (SSSR count). The van der Waals surface area contributed by atoms with E-state index in [9.17, 15) is 4.79 Å². The third-order valence-electron chi connectivity index (χ3n) is 3.95. The van der Waals surface area contributed by atoms with Crippen LogP contribution in [0.4, 0.5) is 5.69 Å². The number of methoxy groups -OCH3 is 1. The first kappa shape index (κ1) is 20.1. The van der Waals surface area contributed by atoms with E-state index in [1.807, 2.05) is 43.3 Å². The van der Waals surface area contributed by atoms with Crippen LogP contribution in [0, 0.1) is 0 Å². The maximum absolute atomic E-state index is 12.3. The molecule has 29 heavy (non-hydrogen) atoms. The number of hydrogen-bond donors (Lipinski definition) is 1. The molecular formula is C23H23NO5. The van der Waals surface area contributed by atoms with E-state index < -0.39 is 0 Å². The van der Waals surface area contributed by atoms with E-state index in [0.29, 0.717) is 29.5 Å². The second kappa shape index (κ2) is 10.0. The highest BCUT2D eigenvalue weighted by atomic mass is 16.5. The van der Waals surface area contributed by atoms with Crippen LogP contribution >= 0.6 is 0 Å². The second-order valence-electron chi connectivity index (χ2n) is 6.02. The maximum Gasteiger partial charge on any atom is 0.262 e. The molecule has 6 nitrogen and oxygen atoms in total. The van der Waals surface area contributed by atoms with Crippen LogP contribution in [-0.4, -0.2) is 26.2 Å². The average molecular weight is 393 g/mol. The first-order valence-electron chi connectivity index (χ1n) is 9.24. The Kier molecular flexibility index (Phi) is 6.95. The fraction of sp³-hybridized carbons (Fsp3) is 0.174. The number of amides is 1. The Morgan fingerprint density at radius 1 is 0.793 bits per heavy atom. The van der Waals surface area contributed by atoms with Crippen LogP contribution in [0.25, 0.3) is 0 Å². The smallest absolute Gasteiger partial charge is 0.262 e. The molecule has 6 heteroatoms. The van der Waals surface area contributed by atoms with Gasteiger partial charge in [0.25, 0.3) is 5.91 Å². The first-order chi connectivity index (χ1) is 14.2. The zero-order valence-corrected chi connectivity index (χ0v) is 16.4. The number of anilines is 1. The summed E-state index contributed by atoms with van der Waals surface area (Å²) in [5.41, 5.74) is 0.560. The quantitative estimate of drug-likeness (QED) is 0.560. The van der Waals surface area contributed by atoms with Gasteiger partial charge in [0, 0.05) is 0 Å². The zero-order valence-electron chi connectivity index (χ0n) is 16.4. The van der Waals surface area contributed by atoms with Gasteiger partial charge in [-0.15, -0.1) is 0 Å². The Morgan fingerprint density at radius 2 is 1.38 bits per heavy atom. The van der Waals surface area contributed by atoms with Crippen molar-refractivity contribution in [3.05, 3.63) is 72.8 Å². The van der Waals surface area contributed by atoms with Crippen LogP contribution in [0.3, 0.4) is 0 Å². The van der Waals surface area contributed by atoms with E-state index in [0.717, 1.165) is 11.5 Å². The summed E-state index contributed by atoms with van der Waals surface area (Å²) in [6.45, 7) is 2.42. The van der Waals surface area contributed by atoms with E-state index in [4.69, 9.17) is 18.9 Å². The molecule has 1 amide bonds. The second-order valence-corrected chi connectivity index (χ2v) is 6.02. The fourth-order valence-electron chi connectivity index (χ4n) is 2.56. The number of ether oxygens (including phenoxy) is 4. The van der Waals surface area contributed by atoms with Crippen molar-refractivity contribution in [1.29, 1.82) is 0 Å². The molecule has 0 saturated carbocycles. The van der Waals surface area contributed by atoms with E-state index in [1.165, 1.54) is 0 Å². The number of hydrogen-bond acceptors (Lipinski definition) is 5. The van der Waals surface area contributed by atoms with E-state index in [2.05, 4.69) is 5.32 Å². The molecule has 0 saturated heterocycles. The van der Waals surface area contributed by atoms with Crippen molar-refractivity contribution in [1.82, 2.24) is 0 Å². The molecule has 0 bridgehead atoms. The van der Waals surface area contributed by atoms with Crippen molar-refractivity contribution in [2.24, 2.45) is 0 Å². The Morgan fingerprint density at radius 3 is 2.03 bits per heavy atom. The fourth-order valence-corrected chi connectivity index (χ4v) is 2.56. The van der Waals surface area contributed by atoms with E-state index in [1.54, 1.807) is 43.5 Å². The lowest BCUT2D eigenvalue weighted by Crippen LogP contribution is -2.20. The summed E-state index contributed by atoms with van der Waals surface area (Å²) in [4.78, 5) is 12.3. The molecular weight excluding hydrogens is 370 g/mol. The Bertz CT molecular complexity index is 923. The Balaban J connectivity index is 1.59. The molecule has 1 N–H and O–H groups in total. The number of para-hydroxylation sites is 2. The largest absolute Gasteiger partial charge is 0.497 e. The average Bonchev–Trinajstić information content (AvgIpc) is 2.75. The van der Waals surface area contributed by atoms with Crippen molar-refractivity contribution in [2.75, 3.05) is 25.6 Å². The topological polar surface area (TPSA) is 66.0 Å². The lowest BCUT2D eigenvalue weighted by Gasteiger charge is -2.13. The highest BCUT2D eigenvalue weighted by Gasteiger charge is 2.09. The summed E-state index contributed by atoms with van der Waals surface area (Å²) in [6, 6.07) is 21.6. The van der Waals surface area contributed by atoms with Gasteiger partial charge in [-0.3, -0.25) is 4.79 Å². The summed E-state index contributed by atoms with van der Waals surface area (Å²) >= 11 is 0. The van der Waals surface area contributed by atoms with Crippen molar-refractivity contribution < 1.29 is 23.7 Å². The van der Waals surface area contributed by atoms with Gasteiger partial charge >= 0.3 is 0 Å². The predicted molar refractivity (Wildman–Crippen MR) is 111 cm³/mol. The van der Waals surface area contributed by atoms with Gasteiger partial charge in [0.05, 0.1) is 19.4 Å². The molecule has 0 aliphatic rings. The summed E-state index contributed by atoms with van der Waals surface area (Å²) < 4.78 is 21.9. The summed E-state index contributed by atoms with van der Waals surface area (Å²) in [5, 5.41) is 2.82. The number of carbonyl (C=O) groups is 1. The highest BCUT2D eigenvalue weighted by Crippen LogP contribution is 2.30. The molecule has 150 valence electrons. The Hall–Kier alpha value is -3.67. The number of nitrogens with one attached hydrogen (secondary N) is 1. The molecule has 0 spiro atoms. The minimum absolute atomic E-state index is 0.121. The summed E-state index contributed by atoms with van der Waals surface area (Å²) in [6.07, 6.45) is 0. The molecule has 0 unspecified atom stereocenters. The number of benzene rings is 3. The molecule has 0 fully saturated rings. The van der Waals surface area contributed by atoms with E-state index in [-0.39, 0.29) is 12.5 Å². The van der Waals surface area contributed by atoms with Crippen molar-refractivity contribution >= 4 is 11.6 Å². The third-order valence-corrected chi connectivity index (χ3v) is 3.95. The van der Waals surface area contributed by atoms with Gasteiger partial charge in [-0.05, 0) is 67.6 Å². The predicted octanol–water partition coefficient (Wildman–Crippen LogP) is 4.90. The lowest BCUT2D eigenvalue weighted by molar-refractivity contribution is -0.118. The molecule has 3 aromatic carbocycles. The van der Waals surface area contributed by atoms with Crippen LogP contribution in [0.5, 0.6) is 28.7 Å². The molecule has 0 atom stereocenters. The summed E-state index contributed by atoms with van der Waals surface area (Å²) in [5.74, 6) is 2.97. The molecule has 0 aliphatic carbocycles. The molecule has 0 aliphatic heterocycles. The van der Waals surface area contributed by atoms with Crippen LogP contribution in [0.15, 0.2) is 72.8 Å². The SMILES string of the molecule is CCOc1ccc(Oc2ccccc2NC(=O)COc2ccc(OC)cc2)cc1. The van der Waals surface area contributed by atoms with Crippen LogP contribution in [0.1, 0.15) is 6.92 Å². The van der Waals surface area contributed by atoms with Gasteiger partial charge in [0.1, 0.15) is 23.0 Å². The van der Waals surface area contributed by atoms with Gasteiger partial charge in [-0.2, -0.15) is 0 Å². The van der Waals surface area contributed by atoms with Crippen LogP contribution in [0.2, 0.25) is 0 Å². The minimum Gasteiger partial charge on any atom is -0.497 e. The van der Waals surface area contributed by atoms with Gasteiger partial charge < -0.3 is 24.3 Å². The molecule has 0 radical (unpaired) electrons. The van der Waals surface area contributed by atoms with Gasteiger partial charge in [-0.1, -0.05) is 12.1 Å². The number of rotatable bonds is 9. The molecule has 0 aromatic heterocycles. The van der Waals surface area contributed by atoms with Gasteiger partial charge in [-0.25, -0.2) is 0 Å². The highest BCUT2D eigenvalue weighted by molar-refractivity contribution is 5.93. The molecule has 0 heterocycles. The monoisotopic (exact) mass is 393 g/mol. The standard InChI is InChI=1S/C23H23NO5/c1-3-27-18-12-14-20(15-13-18)29-22-7-5-4-6-21(22)24-23(25)16-28-19-10-8-17(26-2)9-11-19/h4-15H,3,16H2,1-2H3,(H,24,25). The lowest BCUT2D eigenvalue weighted by atomic mass is 10.2. The molecule has 3 aromatic rings. The summed E-state index contributed by atoms with van der Waals surface area (Å²) in [7, 11) is 1.59. The van der Waals surface area contributed by atoms with Gasteiger partial charge in [0.15, 0.2) is 12.4 Å². The van der Waals surface area contributed by atoms with Crippen LogP contribution in [-0.2, 0) is 4.79 Å². The normalized spacial score (nSPS) is 10.1. The minimum atomic E-state index is -0.288. The van der Waals surface area contributed by atoms with Gasteiger partial charge in [0.2, 0.25) is 0 Å².